The lowest BCUT2D eigenvalue weighted by Gasteiger charge is -2.06. The van der Waals surface area contributed by atoms with Crippen LogP contribution in [0.2, 0.25) is 0 Å². The van der Waals surface area contributed by atoms with E-state index in [2.05, 4.69) is 26.0 Å². The van der Waals surface area contributed by atoms with Gasteiger partial charge in [0.2, 0.25) is 0 Å². The standard InChI is InChI=1S/C9H15N/c1-7(2)9-4-3-8(5-9)6-10/h3-4,7H,5-6,10H2,1-2H3. The Morgan fingerprint density at radius 3 is 2.50 bits per heavy atom. The zero-order chi connectivity index (χ0) is 7.56. The van der Waals surface area contributed by atoms with E-state index in [9.17, 15) is 0 Å². The molecule has 0 heterocycles. The molecule has 0 saturated carbocycles. The number of allylic oxidation sites excluding steroid dienone is 3. The molecule has 1 rings (SSSR count). The van der Waals surface area contributed by atoms with Crippen molar-refractivity contribution in [3.63, 3.8) is 0 Å². The molecule has 1 heteroatoms. The fourth-order valence-corrected chi connectivity index (χ4v) is 1.14. The first-order chi connectivity index (χ1) is 4.74. The van der Waals surface area contributed by atoms with Crippen molar-refractivity contribution in [2.24, 2.45) is 11.7 Å². The molecule has 0 radical (unpaired) electrons. The minimum Gasteiger partial charge on any atom is -0.327 e. The van der Waals surface area contributed by atoms with E-state index in [-0.39, 0.29) is 0 Å². The Bertz CT molecular complexity index is 175. The fraction of sp³-hybridized carbons (Fsp3) is 0.556. The van der Waals surface area contributed by atoms with Crippen molar-refractivity contribution in [1.29, 1.82) is 0 Å². The van der Waals surface area contributed by atoms with Crippen LogP contribution in [0.1, 0.15) is 20.3 Å². The van der Waals surface area contributed by atoms with Crippen LogP contribution in [0.25, 0.3) is 0 Å². The lowest BCUT2D eigenvalue weighted by molar-refractivity contribution is 0.743. The number of nitrogens with two attached hydrogens (primary N) is 1. The first kappa shape index (κ1) is 7.55. The number of rotatable bonds is 2. The monoisotopic (exact) mass is 137 g/mol. The van der Waals surface area contributed by atoms with Gasteiger partial charge in [-0.05, 0) is 12.3 Å². The summed E-state index contributed by atoms with van der Waals surface area (Å²) in [5.41, 5.74) is 8.37. The van der Waals surface area contributed by atoms with Gasteiger partial charge in [0, 0.05) is 6.54 Å². The molecule has 0 spiro atoms. The normalized spacial score (nSPS) is 17.6. The minimum atomic E-state index is 0.681. The Kier molecular flexibility index (Phi) is 2.28. The van der Waals surface area contributed by atoms with E-state index in [1.54, 1.807) is 0 Å². The lowest BCUT2D eigenvalue weighted by Crippen LogP contribution is -2.02. The molecule has 0 aromatic heterocycles. The van der Waals surface area contributed by atoms with E-state index in [1.165, 1.54) is 11.1 Å². The molecule has 0 amide bonds. The van der Waals surface area contributed by atoms with Gasteiger partial charge in [0.1, 0.15) is 0 Å². The highest BCUT2D eigenvalue weighted by Crippen LogP contribution is 2.23. The van der Waals surface area contributed by atoms with Crippen molar-refractivity contribution in [1.82, 2.24) is 0 Å². The largest absolute Gasteiger partial charge is 0.327 e. The van der Waals surface area contributed by atoms with E-state index in [1.807, 2.05) is 0 Å². The molecule has 0 atom stereocenters. The van der Waals surface area contributed by atoms with E-state index >= 15 is 0 Å². The molecule has 0 fully saturated rings. The van der Waals surface area contributed by atoms with Crippen molar-refractivity contribution >= 4 is 0 Å². The third-order valence-electron chi connectivity index (χ3n) is 1.97. The Balaban J connectivity index is 2.48. The van der Waals surface area contributed by atoms with Gasteiger partial charge in [-0.15, -0.1) is 0 Å². The molecule has 10 heavy (non-hydrogen) atoms. The highest BCUT2D eigenvalue weighted by Gasteiger charge is 2.08. The molecule has 56 valence electrons. The highest BCUT2D eigenvalue weighted by atomic mass is 14.5. The molecular weight excluding hydrogens is 122 g/mol. The van der Waals surface area contributed by atoms with Crippen LogP contribution >= 0.6 is 0 Å². The third-order valence-corrected chi connectivity index (χ3v) is 1.97. The van der Waals surface area contributed by atoms with Gasteiger partial charge in [0.25, 0.3) is 0 Å². The zero-order valence-corrected chi connectivity index (χ0v) is 6.72. The smallest absolute Gasteiger partial charge is 0.0143 e. The second kappa shape index (κ2) is 3.02. The first-order valence-electron chi connectivity index (χ1n) is 3.82. The Morgan fingerprint density at radius 2 is 2.20 bits per heavy atom. The molecule has 0 aromatic carbocycles. The SMILES string of the molecule is CC(C)C1=CC=C(CN)C1. The van der Waals surface area contributed by atoms with Crippen LogP contribution in [0.3, 0.4) is 0 Å². The van der Waals surface area contributed by atoms with Crippen molar-refractivity contribution in [2.45, 2.75) is 20.3 Å². The van der Waals surface area contributed by atoms with Gasteiger partial charge < -0.3 is 5.73 Å². The molecule has 0 aromatic rings. The van der Waals surface area contributed by atoms with E-state index < -0.39 is 0 Å². The van der Waals surface area contributed by atoms with Crippen LogP contribution < -0.4 is 5.73 Å². The van der Waals surface area contributed by atoms with Gasteiger partial charge in [0.15, 0.2) is 0 Å². The Labute approximate surface area is 62.6 Å². The molecule has 0 unspecified atom stereocenters. The van der Waals surface area contributed by atoms with Crippen LogP contribution in [-0.2, 0) is 0 Å². The first-order valence-corrected chi connectivity index (χ1v) is 3.82. The number of hydrogen-bond acceptors (Lipinski definition) is 1. The summed E-state index contributed by atoms with van der Waals surface area (Å²) in [7, 11) is 0. The molecular formula is C9H15N. The molecule has 0 bridgehead atoms. The predicted molar refractivity (Wildman–Crippen MR) is 44.7 cm³/mol. The average Bonchev–Trinajstić information content (AvgIpc) is 2.34. The van der Waals surface area contributed by atoms with Gasteiger partial charge >= 0.3 is 0 Å². The summed E-state index contributed by atoms with van der Waals surface area (Å²) in [6.07, 6.45) is 5.45. The van der Waals surface area contributed by atoms with E-state index in [0.717, 1.165) is 6.42 Å². The predicted octanol–water partition coefficient (Wildman–Crippen LogP) is 1.86. The van der Waals surface area contributed by atoms with Gasteiger partial charge in [0.05, 0.1) is 0 Å². The van der Waals surface area contributed by atoms with Gasteiger partial charge in [-0.25, -0.2) is 0 Å². The highest BCUT2D eigenvalue weighted by molar-refractivity contribution is 5.31. The fourth-order valence-electron chi connectivity index (χ4n) is 1.14. The van der Waals surface area contributed by atoms with Crippen molar-refractivity contribution < 1.29 is 0 Å². The third kappa shape index (κ3) is 1.48. The summed E-state index contributed by atoms with van der Waals surface area (Å²) in [6.45, 7) is 5.16. The second-order valence-electron chi connectivity index (χ2n) is 3.10. The maximum Gasteiger partial charge on any atom is 0.0143 e. The van der Waals surface area contributed by atoms with Gasteiger partial charge in [-0.2, -0.15) is 0 Å². The summed E-state index contributed by atoms with van der Waals surface area (Å²) in [5.74, 6) is 0.681. The lowest BCUT2D eigenvalue weighted by atomic mass is 10.0. The van der Waals surface area contributed by atoms with Crippen LogP contribution in [0.4, 0.5) is 0 Å². The summed E-state index contributed by atoms with van der Waals surface area (Å²) >= 11 is 0. The second-order valence-corrected chi connectivity index (χ2v) is 3.10. The maximum atomic E-state index is 5.49. The average molecular weight is 137 g/mol. The molecule has 0 aliphatic heterocycles. The van der Waals surface area contributed by atoms with Crippen LogP contribution in [0.5, 0.6) is 0 Å². The topological polar surface area (TPSA) is 26.0 Å². The van der Waals surface area contributed by atoms with Gasteiger partial charge in [-0.3, -0.25) is 0 Å². The zero-order valence-electron chi connectivity index (χ0n) is 6.72. The Morgan fingerprint density at radius 1 is 1.50 bits per heavy atom. The van der Waals surface area contributed by atoms with E-state index in [0.29, 0.717) is 12.5 Å². The van der Waals surface area contributed by atoms with E-state index in [4.69, 9.17) is 5.73 Å². The van der Waals surface area contributed by atoms with Gasteiger partial charge in [-0.1, -0.05) is 37.1 Å². The minimum absolute atomic E-state index is 0.681. The molecule has 0 saturated heterocycles. The molecule has 2 N–H and O–H groups in total. The number of hydrogen-bond donors (Lipinski definition) is 1. The van der Waals surface area contributed by atoms with Crippen LogP contribution in [0.15, 0.2) is 23.3 Å². The summed E-state index contributed by atoms with van der Waals surface area (Å²) in [4.78, 5) is 0. The summed E-state index contributed by atoms with van der Waals surface area (Å²) < 4.78 is 0. The molecule has 1 aliphatic carbocycles. The maximum absolute atomic E-state index is 5.49. The summed E-state index contributed by atoms with van der Waals surface area (Å²) in [6, 6.07) is 0. The van der Waals surface area contributed by atoms with Crippen molar-refractivity contribution in [3.05, 3.63) is 23.3 Å². The van der Waals surface area contributed by atoms with Crippen LogP contribution in [-0.4, -0.2) is 6.54 Å². The molecule has 1 aliphatic rings. The quantitative estimate of drug-likeness (QED) is 0.617. The van der Waals surface area contributed by atoms with Crippen molar-refractivity contribution in [2.75, 3.05) is 6.54 Å². The molecule has 1 nitrogen and oxygen atoms in total. The van der Waals surface area contributed by atoms with Crippen LogP contribution in [0, 0.1) is 5.92 Å². The van der Waals surface area contributed by atoms with Crippen molar-refractivity contribution in [3.8, 4) is 0 Å². The summed E-state index contributed by atoms with van der Waals surface area (Å²) in [5, 5.41) is 0. The Hall–Kier alpha value is -0.560.